The highest BCUT2D eigenvalue weighted by atomic mass is 19.4. The minimum atomic E-state index is -4.46. The highest BCUT2D eigenvalue weighted by molar-refractivity contribution is 5.96. The molecule has 0 saturated heterocycles. The van der Waals surface area contributed by atoms with E-state index in [1.54, 1.807) is 52.0 Å². The molecule has 0 aliphatic heterocycles. The standard InChI is InChI=1S/C25H27F3N4O2/c1-14(2)24(34)29-19-10-9-15(3)22(12-19)30-23(33)13-21-16(4)31-32(17(21)5)20-8-6-7-18(11-20)25(26,27)28/h6-12,14H,13H2,1-5H3,(H,29,34)(H,30,33). The molecule has 0 fully saturated rings. The van der Waals surface area contributed by atoms with E-state index < -0.39 is 11.7 Å². The highest BCUT2D eigenvalue weighted by Gasteiger charge is 2.31. The van der Waals surface area contributed by atoms with Gasteiger partial charge in [0.15, 0.2) is 0 Å². The summed E-state index contributed by atoms with van der Waals surface area (Å²) in [4.78, 5) is 24.8. The Morgan fingerprint density at radius 1 is 1.03 bits per heavy atom. The van der Waals surface area contributed by atoms with Crippen LogP contribution in [0.3, 0.4) is 0 Å². The second-order valence-electron chi connectivity index (χ2n) is 8.51. The molecule has 0 spiro atoms. The van der Waals surface area contributed by atoms with E-state index in [0.717, 1.165) is 17.7 Å². The summed E-state index contributed by atoms with van der Waals surface area (Å²) in [6.07, 6.45) is -4.46. The van der Waals surface area contributed by atoms with E-state index in [9.17, 15) is 22.8 Å². The van der Waals surface area contributed by atoms with Crippen LogP contribution in [-0.4, -0.2) is 21.6 Å². The number of carbonyl (C=O) groups is 2. The number of hydrogen-bond acceptors (Lipinski definition) is 3. The number of carbonyl (C=O) groups excluding carboxylic acids is 2. The summed E-state index contributed by atoms with van der Waals surface area (Å²) >= 11 is 0. The van der Waals surface area contributed by atoms with Gasteiger partial charge in [-0.3, -0.25) is 9.59 Å². The Hall–Kier alpha value is -3.62. The largest absolute Gasteiger partial charge is 0.416 e. The minimum Gasteiger partial charge on any atom is -0.326 e. The zero-order chi connectivity index (χ0) is 25.2. The van der Waals surface area contributed by atoms with Crippen molar-refractivity contribution in [3.8, 4) is 5.69 Å². The van der Waals surface area contributed by atoms with E-state index in [0.29, 0.717) is 28.3 Å². The maximum absolute atomic E-state index is 13.1. The van der Waals surface area contributed by atoms with E-state index >= 15 is 0 Å². The predicted molar refractivity (Wildman–Crippen MR) is 125 cm³/mol. The molecule has 0 unspecified atom stereocenters. The Labute approximate surface area is 196 Å². The Morgan fingerprint density at radius 3 is 2.38 bits per heavy atom. The average Bonchev–Trinajstić information content (AvgIpc) is 3.03. The van der Waals surface area contributed by atoms with Gasteiger partial charge in [0.25, 0.3) is 0 Å². The lowest BCUT2D eigenvalue weighted by Crippen LogP contribution is -2.19. The zero-order valence-electron chi connectivity index (χ0n) is 19.7. The molecule has 0 atom stereocenters. The lowest BCUT2D eigenvalue weighted by Gasteiger charge is -2.13. The van der Waals surface area contributed by atoms with Gasteiger partial charge in [-0.05, 0) is 56.7 Å². The molecule has 34 heavy (non-hydrogen) atoms. The Kier molecular flexibility index (Phi) is 7.14. The molecule has 0 saturated carbocycles. The summed E-state index contributed by atoms with van der Waals surface area (Å²) in [5.41, 5.74) is 3.24. The quantitative estimate of drug-likeness (QED) is 0.491. The number of aromatic nitrogens is 2. The van der Waals surface area contributed by atoms with Crippen molar-refractivity contribution in [1.82, 2.24) is 9.78 Å². The molecule has 3 rings (SSSR count). The number of benzene rings is 2. The third-order valence-corrected chi connectivity index (χ3v) is 5.50. The smallest absolute Gasteiger partial charge is 0.326 e. The number of nitrogens with zero attached hydrogens (tertiary/aromatic N) is 2. The van der Waals surface area contributed by atoms with Crippen LogP contribution >= 0.6 is 0 Å². The normalized spacial score (nSPS) is 11.6. The van der Waals surface area contributed by atoms with Crippen LogP contribution in [0.1, 0.15) is 41.9 Å². The summed E-state index contributed by atoms with van der Waals surface area (Å²) in [5.74, 6) is -0.613. The van der Waals surface area contributed by atoms with Crippen molar-refractivity contribution in [2.75, 3.05) is 10.6 Å². The van der Waals surface area contributed by atoms with Crippen molar-refractivity contribution < 1.29 is 22.8 Å². The van der Waals surface area contributed by atoms with Crippen LogP contribution in [0.15, 0.2) is 42.5 Å². The van der Waals surface area contributed by atoms with Crippen LogP contribution in [-0.2, 0) is 22.2 Å². The summed E-state index contributed by atoms with van der Waals surface area (Å²) in [6.45, 7) is 8.85. The van der Waals surface area contributed by atoms with E-state index in [4.69, 9.17) is 0 Å². The van der Waals surface area contributed by atoms with Crippen LogP contribution in [0.5, 0.6) is 0 Å². The number of halogens is 3. The first-order valence-electron chi connectivity index (χ1n) is 10.8. The number of hydrogen-bond donors (Lipinski definition) is 2. The Bertz CT molecular complexity index is 1230. The number of aryl methyl sites for hydroxylation is 2. The van der Waals surface area contributed by atoms with Crippen LogP contribution in [0.4, 0.5) is 24.5 Å². The van der Waals surface area contributed by atoms with Crippen molar-refractivity contribution in [2.24, 2.45) is 5.92 Å². The van der Waals surface area contributed by atoms with Crippen LogP contribution in [0.2, 0.25) is 0 Å². The molecule has 0 bridgehead atoms. The van der Waals surface area contributed by atoms with Crippen molar-refractivity contribution in [1.29, 1.82) is 0 Å². The van der Waals surface area contributed by atoms with Gasteiger partial charge in [-0.15, -0.1) is 0 Å². The monoisotopic (exact) mass is 472 g/mol. The second-order valence-corrected chi connectivity index (χ2v) is 8.51. The van der Waals surface area contributed by atoms with Crippen molar-refractivity contribution in [3.05, 3.63) is 70.5 Å². The number of amides is 2. The SMILES string of the molecule is Cc1ccc(NC(=O)C(C)C)cc1NC(=O)Cc1c(C)nn(-c2cccc(C(F)(F)F)c2)c1C. The third-order valence-electron chi connectivity index (χ3n) is 5.50. The molecule has 1 heterocycles. The Morgan fingerprint density at radius 2 is 1.74 bits per heavy atom. The molecular formula is C25H27F3N4O2. The van der Waals surface area contributed by atoms with Crippen LogP contribution in [0, 0.1) is 26.7 Å². The zero-order valence-corrected chi connectivity index (χ0v) is 19.7. The molecule has 2 amide bonds. The molecule has 0 aliphatic rings. The van der Waals surface area contributed by atoms with Gasteiger partial charge in [0, 0.05) is 28.6 Å². The maximum atomic E-state index is 13.1. The first-order valence-corrected chi connectivity index (χ1v) is 10.8. The van der Waals surface area contributed by atoms with Crippen molar-refractivity contribution >= 4 is 23.2 Å². The van der Waals surface area contributed by atoms with Gasteiger partial charge in [0.1, 0.15) is 0 Å². The molecule has 2 aromatic carbocycles. The van der Waals surface area contributed by atoms with Gasteiger partial charge < -0.3 is 10.6 Å². The van der Waals surface area contributed by atoms with E-state index in [1.807, 2.05) is 6.92 Å². The molecule has 2 N–H and O–H groups in total. The van der Waals surface area contributed by atoms with Crippen molar-refractivity contribution in [3.63, 3.8) is 0 Å². The second kappa shape index (κ2) is 9.70. The van der Waals surface area contributed by atoms with Crippen molar-refractivity contribution in [2.45, 2.75) is 47.2 Å². The molecule has 3 aromatic rings. The van der Waals surface area contributed by atoms with Crippen LogP contribution < -0.4 is 10.6 Å². The van der Waals surface area contributed by atoms with Gasteiger partial charge in [-0.25, -0.2) is 4.68 Å². The van der Waals surface area contributed by atoms with Crippen LogP contribution in [0.25, 0.3) is 5.69 Å². The molecule has 1 aromatic heterocycles. The van der Waals surface area contributed by atoms with Gasteiger partial charge in [0.05, 0.1) is 23.4 Å². The number of alkyl halides is 3. The molecule has 0 aliphatic carbocycles. The molecular weight excluding hydrogens is 445 g/mol. The van der Waals surface area contributed by atoms with Gasteiger partial charge in [-0.2, -0.15) is 18.3 Å². The highest BCUT2D eigenvalue weighted by Crippen LogP contribution is 2.31. The van der Waals surface area contributed by atoms with Gasteiger partial charge >= 0.3 is 6.18 Å². The topological polar surface area (TPSA) is 76.0 Å². The number of rotatable bonds is 6. The predicted octanol–water partition coefficient (Wildman–Crippen LogP) is 5.59. The van der Waals surface area contributed by atoms with E-state index in [1.165, 1.54) is 10.7 Å². The summed E-state index contributed by atoms with van der Waals surface area (Å²) in [6, 6.07) is 10.2. The number of nitrogens with one attached hydrogen (secondary N) is 2. The minimum absolute atomic E-state index is 0.00134. The van der Waals surface area contributed by atoms with Gasteiger partial charge in [0.2, 0.25) is 11.8 Å². The van der Waals surface area contributed by atoms with E-state index in [2.05, 4.69) is 15.7 Å². The summed E-state index contributed by atoms with van der Waals surface area (Å²) in [7, 11) is 0. The first kappa shape index (κ1) is 25.0. The maximum Gasteiger partial charge on any atom is 0.416 e. The van der Waals surface area contributed by atoms with E-state index in [-0.39, 0.29) is 29.8 Å². The molecule has 9 heteroatoms. The Balaban J connectivity index is 1.81. The fraction of sp³-hybridized carbons (Fsp3) is 0.320. The summed E-state index contributed by atoms with van der Waals surface area (Å²) in [5, 5.41) is 10.0. The number of anilines is 2. The lowest BCUT2D eigenvalue weighted by atomic mass is 10.1. The average molecular weight is 473 g/mol. The molecule has 6 nitrogen and oxygen atoms in total. The fourth-order valence-electron chi connectivity index (χ4n) is 3.47. The fourth-order valence-corrected chi connectivity index (χ4v) is 3.47. The lowest BCUT2D eigenvalue weighted by molar-refractivity contribution is -0.137. The van der Waals surface area contributed by atoms with Gasteiger partial charge in [-0.1, -0.05) is 26.0 Å². The molecule has 180 valence electrons. The summed E-state index contributed by atoms with van der Waals surface area (Å²) < 4.78 is 40.8. The molecule has 0 radical (unpaired) electrons. The third kappa shape index (κ3) is 5.65. The first-order chi connectivity index (χ1) is 15.9.